The number of anilines is 1. The smallest absolute Gasteiger partial charge is 0.295 e. The van der Waals surface area contributed by atoms with E-state index >= 15 is 0 Å². The van der Waals surface area contributed by atoms with Gasteiger partial charge in [-0.15, -0.1) is 0 Å². The van der Waals surface area contributed by atoms with E-state index in [0.717, 1.165) is 24.2 Å². The van der Waals surface area contributed by atoms with Crippen molar-refractivity contribution in [3.05, 3.63) is 99.9 Å². The summed E-state index contributed by atoms with van der Waals surface area (Å²) in [5.74, 6) is 1.07. The summed E-state index contributed by atoms with van der Waals surface area (Å²) < 4.78 is 17.2. The minimum absolute atomic E-state index is 0.0693. The van der Waals surface area contributed by atoms with Crippen molar-refractivity contribution >= 4 is 22.6 Å². The van der Waals surface area contributed by atoms with Crippen molar-refractivity contribution in [2.45, 2.75) is 25.8 Å². The Balaban J connectivity index is 1.66. The summed E-state index contributed by atoms with van der Waals surface area (Å²) in [6.07, 6.45) is 2.03. The molecule has 5 rings (SSSR count). The number of amides is 1. The normalized spacial score (nSPS) is 14.9. The third kappa shape index (κ3) is 3.71. The fourth-order valence-corrected chi connectivity index (χ4v) is 4.34. The van der Waals surface area contributed by atoms with Gasteiger partial charge in [-0.1, -0.05) is 43.7 Å². The molecule has 172 valence electrons. The summed E-state index contributed by atoms with van der Waals surface area (Å²) >= 11 is 0. The number of methoxy groups -OCH3 is 1. The summed E-state index contributed by atoms with van der Waals surface area (Å²) in [6, 6.07) is 21.1. The molecule has 1 aromatic heterocycles. The Labute approximate surface area is 197 Å². The average molecular weight is 456 g/mol. The van der Waals surface area contributed by atoms with Crippen LogP contribution in [0.5, 0.6) is 11.5 Å². The van der Waals surface area contributed by atoms with Crippen LogP contribution in [0.25, 0.3) is 11.0 Å². The summed E-state index contributed by atoms with van der Waals surface area (Å²) in [7, 11) is 1.58. The number of hydrogen-bond acceptors (Lipinski definition) is 5. The van der Waals surface area contributed by atoms with Gasteiger partial charge in [-0.2, -0.15) is 0 Å². The zero-order chi connectivity index (χ0) is 23.7. The molecule has 0 N–H and O–H groups in total. The van der Waals surface area contributed by atoms with E-state index in [9.17, 15) is 9.59 Å². The fraction of sp³-hybridized carbons (Fsp3) is 0.214. The van der Waals surface area contributed by atoms with Crippen LogP contribution in [0, 0.1) is 0 Å². The number of benzene rings is 3. The maximum absolute atomic E-state index is 13.6. The van der Waals surface area contributed by atoms with E-state index in [1.807, 2.05) is 42.5 Å². The van der Waals surface area contributed by atoms with E-state index in [1.165, 1.54) is 0 Å². The molecule has 0 radical (unpaired) electrons. The topological polar surface area (TPSA) is 69.0 Å². The standard InChI is InChI=1S/C28H25NO5/c1-3-4-16-33-20-14-12-18(13-15-20)25-24-26(30)22-10-5-6-11-23(22)34-27(24)28(31)29(25)19-8-7-9-21(17-19)32-2/h5-15,17,25H,3-4,16H2,1-2H3. The molecule has 3 aromatic carbocycles. The quantitative estimate of drug-likeness (QED) is 0.333. The van der Waals surface area contributed by atoms with Gasteiger partial charge in [-0.3, -0.25) is 14.5 Å². The van der Waals surface area contributed by atoms with E-state index in [1.54, 1.807) is 42.3 Å². The van der Waals surface area contributed by atoms with Crippen LogP contribution in [-0.2, 0) is 0 Å². The van der Waals surface area contributed by atoms with Gasteiger partial charge >= 0.3 is 0 Å². The molecule has 1 aliphatic heterocycles. The first-order valence-electron chi connectivity index (χ1n) is 11.4. The van der Waals surface area contributed by atoms with Crippen molar-refractivity contribution in [1.29, 1.82) is 0 Å². The largest absolute Gasteiger partial charge is 0.497 e. The van der Waals surface area contributed by atoms with E-state index < -0.39 is 6.04 Å². The zero-order valence-electron chi connectivity index (χ0n) is 19.1. The summed E-state index contributed by atoms with van der Waals surface area (Å²) in [5.41, 5.74) is 1.94. The molecule has 6 heteroatoms. The Morgan fingerprint density at radius 1 is 0.941 bits per heavy atom. The van der Waals surface area contributed by atoms with Crippen LogP contribution in [0.1, 0.15) is 47.5 Å². The molecule has 0 spiro atoms. The van der Waals surface area contributed by atoms with Gasteiger partial charge in [-0.25, -0.2) is 0 Å². The van der Waals surface area contributed by atoms with E-state index in [2.05, 4.69) is 6.92 Å². The summed E-state index contributed by atoms with van der Waals surface area (Å²) in [4.78, 5) is 28.8. The molecule has 4 aromatic rings. The van der Waals surface area contributed by atoms with Gasteiger partial charge in [-0.05, 0) is 48.4 Å². The lowest BCUT2D eigenvalue weighted by atomic mass is 9.98. The summed E-state index contributed by atoms with van der Waals surface area (Å²) in [5, 5.41) is 0.450. The highest BCUT2D eigenvalue weighted by Crippen LogP contribution is 2.42. The average Bonchev–Trinajstić information content (AvgIpc) is 3.17. The second-order valence-corrected chi connectivity index (χ2v) is 8.22. The first-order valence-corrected chi connectivity index (χ1v) is 11.4. The lowest BCUT2D eigenvalue weighted by Gasteiger charge is -2.25. The molecule has 1 aliphatic rings. The van der Waals surface area contributed by atoms with Crippen LogP contribution in [0.2, 0.25) is 0 Å². The Bertz CT molecular complexity index is 1410. The highest BCUT2D eigenvalue weighted by atomic mass is 16.5. The molecule has 0 fully saturated rings. The number of nitrogens with zero attached hydrogens (tertiary/aromatic N) is 1. The molecule has 1 atom stereocenters. The van der Waals surface area contributed by atoms with Crippen molar-refractivity contribution in [1.82, 2.24) is 0 Å². The van der Waals surface area contributed by atoms with Crippen LogP contribution in [0.4, 0.5) is 5.69 Å². The zero-order valence-corrected chi connectivity index (χ0v) is 19.1. The van der Waals surface area contributed by atoms with Crippen LogP contribution in [0.15, 0.2) is 82.0 Å². The number of unbranched alkanes of at least 4 members (excludes halogenated alkanes) is 1. The number of hydrogen-bond donors (Lipinski definition) is 0. The molecule has 0 saturated heterocycles. The Morgan fingerprint density at radius 2 is 1.74 bits per heavy atom. The van der Waals surface area contributed by atoms with E-state index in [0.29, 0.717) is 34.6 Å². The van der Waals surface area contributed by atoms with Crippen molar-refractivity contribution in [3.63, 3.8) is 0 Å². The molecule has 6 nitrogen and oxygen atoms in total. The number of carbonyl (C=O) groups is 1. The van der Waals surface area contributed by atoms with Crippen molar-refractivity contribution in [2.24, 2.45) is 0 Å². The minimum Gasteiger partial charge on any atom is -0.497 e. The Hall–Kier alpha value is -4.06. The van der Waals surface area contributed by atoms with E-state index in [-0.39, 0.29) is 17.1 Å². The lowest BCUT2D eigenvalue weighted by molar-refractivity contribution is 0.0971. The predicted molar refractivity (Wildman–Crippen MR) is 131 cm³/mol. The SMILES string of the molecule is CCCCOc1ccc(C2c3c(oc4ccccc4c3=O)C(=O)N2c2cccc(OC)c2)cc1. The Morgan fingerprint density at radius 3 is 2.50 bits per heavy atom. The predicted octanol–water partition coefficient (Wildman–Crippen LogP) is 5.73. The van der Waals surface area contributed by atoms with Crippen LogP contribution in [0.3, 0.4) is 0 Å². The molecular weight excluding hydrogens is 430 g/mol. The first-order chi connectivity index (χ1) is 16.6. The molecular formula is C28H25NO5. The van der Waals surface area contributed by atoms with Crippen molar-refractivity contribution < 1.29 is 18.7 Å². The highest BCUT2D eigenvalue weighted by molar-refractivity contribution is 6.10. The van der Waals surface area contributed by atoms with Gasteiger partial charge in [0.1, 0.15) is 17.1 Å². The minimum atomic E-state index is -0.639. The first kappa shape index (κ1) is 21.8. The van der Waals surface area contributed by atoms with Gasteiger partial charge in [0.25, 0.3) is 5.91 Å². The van der Waals surface area contributed by atoms with Crippen molar-refractivity contribution in [2.75, 3.05) is 18.6 Å². The van der Waals surface area contributed by atoms with Gasteiger partial charge in [0.15, 0.2) is 5.43 Å². The number of fused-ring (bicyclic) bond motifs is 2. The number of ether oxygens (including phenoxy) is 2. The van der Waals surface area contributed by atoms with Crippen LogP contribution in [-0.4, -0.2) is 19.6 Å². The molecule has 0 bridgehead atoms. The third-order valence-corrected chi connectivity index (χ3v) is 6.07. The van der Waals surface area contributed by atoms with E-state index in [4.69, 9.17) is 13.9 Å². The fourth-order valence-electron chi connectivity index (χ4n) is 4.34. The van der Waals surface area contributed by atoms with Gasteiger partial charge < -0.3 is 13.9 Å². The molecule has 0 saturated carbocycles. The maximum Gasteiger partial charge on any atom is 0.295 e. The number of carbonyl (C=O) groups excluding carboxylic acids is 1. The van der Waals surface area contributed by atoms with Crippen LogP contribution >= 0.6 is 0 Å². The second-order valence-electron chi connectivity index (χ2n) is 8.22. The maximum atomic E-state index is 13.6. The van der Waals surface area contributed by atoms with Gasteiger partial charge in [0.2, 0.25) is 5.76 Å². The third-order valence-electron chi connectivity index (χ3n) is 6.07. The van der Waals surface area contributed by atoms with Gasteiger partial charge in [0, 0.05) is 11.8 Å². The lowest BCUT2D eigenvalue weighted by Crippen LogP contribution is -2.29. The summed E-state index contributed by atoms with van der Waals surface area (Å²) in [6.45, 7) is 2.76. The molecule has 34 heavy (non-hydrogen) atoms. The molecule has 0 aliphatic carbocycles. The Kier molecular flexibility index (Phi) is 5.80. The molecule has 1 unspecified atom stereocenters. The monoisotopic (exact) mass is 455 g/mol. The second kappa shape index (κ2) is 9.06. The highest BCUT2D eigenvalue weighted by Gasteiger charge is 2.43. The van der Waals surface area contributed by atoms with Crippen LogP contribution < -0.4 is 19.8 Å². The number of para-hydroxylation sites is 1. The molecule has 1 amide bonds. The molecule has 2 heterocycles. The number of rotatable bonds is 7. The van der Waals surface area contributed by atoms with Crippen molar-refractivity contribution in [3.8, 4) is 11.5 Å². The van der Waals surface area contributed by atoms with Gasteiger partial charge in [0.05, 0.1) is 30.7 Å².